The third-order valence-corrected chi connectivity index (χ3v) is 2.98. The van der Waals surface area contributed by atoms with E-state index < -0.39 is 17.6 Å². The van der Waals surface area contributed by atoms with Gasteiger partial charge in [0.15, 0.2) is 0 Å². The van der Waals surface area contributed by atoms with Crippen LogP contribution < -0.4 is 10.6 Å². The van der Waals surface area contributed by atoms with E-state index in [4.69, 9.17) is 0 Å². The monoisotopic (exact) mass is 318 g/mol. The smallest absolute Gasteiger partial charge is 0.254 e. The molecule has 0 heterocycles. The Labute approximate surface area is 131 Å². The van der Waals surface area contributed by atoms with Crippen molar-refractivity contribution in [2.45, 2.75) is 0 Å². The first-order valence-electron chi connectivity index (χ1n) is 6.81. The summed E-state index contributed by atoms with van der Waals surface area (Å²) in [6.07, 6.45) is 0. The van der Waals surface area contributed by atoms with Gasteiger partial charge in [-0.15, -0.1) is 0 Å². The van der Waals surface area contributed by atoms with Crippen molar-refractivity contribution < 1.29 is 24.2 Å². The van der Waals surface area contributed by atoms with Crippen LogP contribution in [0.2, 0.25) is 0 Å². The molecule has 4 N–H and O–H groups in total. The van der Waals surface area contributed by atoms with Crippen LogP contribution in [0.25, 0.3) is 0 Å². The molecule has 0 fully saturated rings. The van der Waals surface area contributed by atoms with Crippen molar-refractivity contribution in [3.05, 3.63) is 59.4 Å². The topological polar surface area (TPSA) is 98.7 Å². The molecular formula is C16H15FN2O4. The molecular weight excluding hydrogens is 303 g/mol. The average Bonchev–Trinajstić information content (AvgIpc) is 2.50. The molecule has 0 aliphatic carbocycles. The normalized spacial score (nSPS) is 10.1. The van der Waals surface area contributed by atoms with E-state index >= 15 is 0 Å². The maximum Gasteiger partial charge on any atom is 0.254 e. The zero-order valence-electron chi connectivity index (χ0n) is 12.0. The molecule has 23 heavy (non-hydrogen) atoms. The SMILES string of the molecule is O=C(NCCNC(=O)c1ccccc1F)c1cc(O)cc(O)c1. The number of amides is 2. The van der Waals surface area contributed by atoms with E-state index in [1.165, 1.54) is 30.3 Å². The van der Waals surface area contributed by atoms with E-state index in [0.717, 1.165) is 6.07 Å². The molecule has 0 aliphatic rings. The van der Waals surface area contributed by atoms with Gasteiger partial charge in [-0.25, -0.2) is 4.39 Å². The summed E-state index contributed by atoms with van der Waals surface area (Å²) in [5.74, 6) is -2.18. The zero-order chi connectivity index (χ0) is 16.8. The first-order chi connectivity index (χ1) is 11.0. The van der Waals surface area contributed by atoms with Crippen molar-refractivity contribution in [1.82, 2.24) is 10.6 Å². The molecule has 0 unspecified atom stereocenters. The Morgan fingerprint density at radius 2 is 1.48 bits per heavy atom. The van der Waals surface area contributed by atoms with Crippen molar-refractivity contribution in [2.75, 3.05) is 13.1 Å². The van der Waals surface area contributed by atoms with Crippen molar-refractivity contribution in [2.24, 2.45) is 0 Å². The Bertz CT molecular complexity index is 714. The number of carbonyl (C=O) groups excluding carboxylic acids is 2. The van der Waals surface area contributed by atoms with E-state index in [1.54, 1.807) is 6.07 Å². The first-order valence-corrected chi connectivity index (χ1v) is 6.81. The van der Waals surface area contributed by atoms with Gasteiger partial charge in [-0.1, -0.05) is 12.1 Å². The number of halogens is 1. The van der Waals surface area contributed by atoms with E-state index in [2.05, 4.69) is 10.6 Å². The van der Waals surface area contributed by atoms with Crippen LogP contribution in [-0.2, 0) is 0 Å². The van der Waals surface area contributed by atoms with Gasteiger partial charge in [0.25, 0.3) is 11.8 Å². The van der Waals surface area contributed by atoms with Crippen LogP contribution in [0.5, 0.6) is 11.5 Å². The Morgan fingerprint density at radius 3 is 2.09 bits per heavy atom. The maximum absolute atomic E-state index is 13.4. The van der Waals surface area contributed by atoms with Gasteiger partial charge in [-0.2, -0.15) is 0 Å². The number of hydrogen-bond donors (Lipinski definition) is 4. The van der Waals surface area contributed by atoms with E-state index in [9.17, 15) is 24.2 Å². The summed E-state index contributed by atoms with van der Waals surface area (Å²) in [6.45, 7) is 0.207. The number of nitrogens with one attached hydrogen (secondary N) is 2. The number of hydrogen-bond acceptors (Lipinski definition) is 4. The van der Waals surface area contributed by atoms with Crippen LogP contribution >= 0.6 is 0 Å². The second-order valence-electron chi connectivity index (χ2n) is 4.73. The van der Waals surface area contributed by atoms with Crippen LogP contribution in [0.4, 0.5) is 4.39 Å². The van der Waals surface area contributed by atoms with Crippen LogP contribution in [0.1, 0.15) is 20.7 Å². The Hall–Kier alpha value is -3.09. The fourth-order valence-electron chi connectivity index (χ4n) is 1.92. The highest BCUT2D eigenvalue weighted by molar-refractivity contribution is 5.95. The van der Waals surface area contributed by atoms with Gasteiger partial charge < -0.3 is 20.8 Å². The predicted octanol–water partition coefficient (Wildman–Crippen LogP) is 1.40. The third kappa shape index (κ3) is 4.44. The molecule has 7 heteroatoms. The molecule has 0 bridgehead atoms. The summed E-state index contributed by atoms with van der Waals surface area (Å²) in [4.78, 5) is 23.6. The number of phenols is 2. The van der Waals surface area contributed by atoms with Gasteiger partial charge in [-0.3, -0.25) is 9.59 Å². The quantitative estimate of drug-likeness (QED) is 0.626. The fourth-order valence-corrected chi connectivity index (χ4v) is 1.92. The zero-order valence-corrected chi connectivity index (χ0v) is 12.0. The Morgan fingerprint density at radius 1 is 0.913 bits per heavy atom. The molecule has 0 radical (unpaired) electrons. The largest absolute Gasteiger partial charge is 0.508 e. The molecule has 0 aromatic heterocycles. The second-order valence-corrected chi connectivity index (χ2v) is 4.73. The van der Waals surface area contributed by atoms with Gasteiger partial charge >= 0.3 is 0 Å². The minimum Gasteiger partial charge on any atom is -0.508 e. The number of aromatic hydroxyl groups is 2. The van der Waals surface area contributed by atoms with Crippen LogP contribution in [0.3, 0.4) is 0 Å². The number of rotatable bonds is 5. The number of benzene rings is 2. The summed E-state index contributed by atoms with van der Waals surface area (Å²) in [5.41, 5.74) is 0.0136. The summed E-state index contributed by atoms with van der Waals surface area (Å²) >= 11 is 0. The molecule has 0 aliphatic heterocycles. The lowest BCUT2D eigenvalue weighted by atomic mass is 10.2. The third-order valence-electron chi connectivity index (χ3n) is 2.98. The van der Waals surface area contributed by atoms with Crippen molar-refractivity contribution >= 4 is 11.8 Å². The molecule has 2 amide bonds. The van der Waals surface area contributed by atoms with Gasteiger partial charge in [-0.05, 0) is 24.3 Å². The first kappa shape index (κ1) is 16.3. The molecule has 120 valence electrons. The van der Waals surface area contributed by atoms with E-state index in [-0.39, 0.29) is 35.7 Å². The summed E-state index contributed by atoms with van der Waals surface area (Å²) in [6, 6.07) is 9.08. The summed E-state index contributed by atoms with van der Waals surface area (Å²) in [5, 5.41) is 23.6. The highest BCUT2D eigenvalue weighted by atomic mass is 19.1. The lowest BCUT2D eigenvalue weighted by molar-refractivity contribution is 0.0925. The van der Waals surface area contributed by atoms with Gasteiger partial charge in [0.1, 0.15) is 17.3 Å². The lowest BCUT2D eigenvalue weighted by Gasteiger charge is -2.08. The van der Waals surface area contributed by atoms with Crippen molar-refractivity contribution in [3.63, 3.8) is 0 Å². The predicted molar refractivity (Wildman–Crippen MR) is 80.8 cm³/mol. The van der Waals surface area contributed by atoms with Crippen molar-refractivity contribution in [3.8, 4) is 11.5 Å². The molecule has 2 aromatic carbocycles. The minimum absolute atomic E-state index is 0.0725. The summed E-state index contributed by atoms with van der Waals surface area (Å²) in [7, 11) is 0. The van der Waals surface area contributed by atoms with Crippen molar-refractivity contribution in [1.29, 1.82) is 0 Å². The standard InChI is InChI=1S/C16H15FN2O4/c17-14-4-2-1-3-13(14)16(23)19-6-5-18-15(22)10-7-11(20)9-12(21)8-10/h1-4,7-9,20-21H,5-6H2,(H,18,22)(H,19,23). The Balaban J connectivity index is 1.82. The van der Waals surface area contributed by atoms with Gasteiger partial charge in [0.05, 0.1) is 5.56 Å². The second kappa shape index (κ2) is 7.26. The van der Waals surface area contributed by atoms with E-state index in [0.29, 0.717) is 0 Å². The number of phenolic OH excluding ortho intramolecular Hbond substituents is 2. The molecule has 6 nitrogen and oxygen atoms in total. The number of carbonyl (C=O) groups is 2. The molecule has 2 rings (SSSR count). The average molecular weight is 318 g/mol. The van der Waals surface area contributed by atoms with Gasteiger partial charge in [0, 0.05) is 24.7 Å². The molecule has 0 spiro atoms. The lowest BCUT2D eigenvalue weighted by Crippen LogP contribution is -2.35. The maximum atomic E-state index is 13.4. The van der Waals surface area contributed by atoms with Crippen LogP contribution in [0, 0.1) is 5.82 Å². The summed E-state index contributed by atoms with van der Waals surface area (Å²) < 4.78 is 13.4. The minimum atomic E-state index is -0.621. The van der Waals surface area contributed by atoms with Crippen LogP contribution in [-0.4, -0.2) is 35.1 Å². The highest BCUT2D eigenvalue weighted by Crippen LogP contribution is 2.20. The Kier molecular flexibility index (Phi) is 5.14. The van der Waals surface area contributed by atoms with Gasteiger partial charge in [0.2, 0.25) is 0 Å². The molecule has 0 atom stereocenters. The van der Waals surface area contributed by atoms with Crippen LogP contribution in [0.15, 0.2) is 42.5 Å². The molecule has 2 aromatic rings. The molecule has 0 saturated carbocycles. The highest BCUT2D eigenvalue weighted by Gasteiger charge is 2.11. The van der Waals surface area contributed by atoms with E-state index in [1.807, 2.05) is 0 Å². The molecule has 0 saturated heterocycles. The fraction of sp³-hybridized carbons (Fsp3) is 0.125.